The van der Waals surface area contributed by atoms with E-state index in [1.54, 1.807) is 4.68 Å². The van der Waals surface area contributed by atoms with Crippen molar-refractivity contribution in [3.8, 4) is 0 Å². The van der Waals surface area contributed by atoms with Gasteiger partial charge in [-0.25, -0.2) is 9.07 Å². The second-order valence-corrected chi connectivity index (χ2v) is 5.62. The van der Waals surface area contributed by atoms with E-state index in [1.165, 1.54) is 5.56 Å². The average Bonchev–Trinajstić information content (AvgIpc) is 3.06. The summed E-state index contributed by atoms with van der Waals surface area (Å²) in [5.41, 5.74) is 1.34. The van der Waals surface area contributed by atoms with E-state index in [9.17, 15) is 4.39 Å². The molecule has 2 aromatic rings. The molecule has 4 nitrogen and oxygen atoms in total. The first-order valence-corrected chi connectivity index (χ1v) is 7.55. The summed E-state index contributed by atoms with van der Waals surface area (Å²) in [6.45, 7) is 1.17. The van der Waals surface area contributed by atoms with E-state index in [0.717, 1.165) is 37.6 Å². The monoisotopic (exact) mass is 288 g/mol. The normalized spacial score (nSPS) is 18.4. The molecule has 1 fully saturated rings. The molecule has 0 N–H and O–H groups in total. The SMILES string of the molecule is Cn1nc(CCCc2ccccc2)nc1N1CC[C@H](F)C1. The Morgan fingerprint density at radius 3 is 2.76 bits per heavy atom. The molecule has 1 aromatic carbocycles. The van der Waals surface area contributed by atoms with Crippen LogP contribution in [0.15, 0.2) is 30.3 Å². The average molecular weight is 288 g/mol. The van der Waals surface area contributed by atoms with Gasteiger partial charge in [-0.2, -0.15) is 10.1 Å². The topological polar surface area (TPSA) is 34.0 Å². The van der Waals surface area contributed by atoms with Crippen molar-refractivity contribution in [1.29, 1.82) is 0 Å². The molecule has 0 amide bonds. The van der Waals surface area contributed by atoms with E-state index in [-0.39, 0.29) is 0 Å². The van der Waals surface area contributed by atoms with Crippen LogP contribution in [-0.2, 0) is 19.9 Å². The van der Waals surface area contributed by atoms with E-state index in [4.69, 9.17) is 0 Å². The zero-order valence-corrected chi connectivity index (χ0v) is 12.4. The van der Waals surface area contributed by atoms with Gasteiger partial charge in [-0.1, -0.05) is 30.3 Å². The van der Waals surface area contributed by atoms with Crippen LogP contribution in [0, 0.1) is 0 Å². The highest BCUT2D eigenvalue weighted by molar-refractivity contribution is 5.32. The lowest BCUT2D eigenvalue weighted by atomic mass is 10.1. The first-order valence-electron chi connectivity index (χ1n) is 7.55. The highest BCUT2D eigenvalue weighted by Gasteiger charge is 2.25. The third-order valence-corrected chi connectivity index (χ3v) is 3.91. The van der Waals surface area contributed by atoms with Gasteiger partial charge in [0.25, 0.3) is 0 Å². The number of anilines is 1. The van der Waals surface area contributed by atoms with Crippen LogP contribution in [0.1, 0.15) is 24.2 Å². The Balaban J connectivity index is 1.57. The van der Waals surface area contributed by atoms with Crippen molar-refractivity contribution in [1.82, 2.24) is 14.8 Å². The summed E-state index contributed by atoms with van der Waals surface area (Å²) >= 11 is 0. The van der Waals surface area contributed by atoms with Crippen molar-refractivity contribution >= 4 is 5.95 Å². The third-order valence-electron chi connectivity index (χ3n) is 3.91. The van der Waals surface area contributed by atoms with Gasteiger partial charge in [-0.05, 0) is 24.8 Å². The largest absolute Gasteiger partial charge is 0.338 e. The van der Waals surface area contributed by atoms with E-state index in [1.807, 2.05) is 18.0 Å². The Morgan fingerprint density at radius 1 is 1.24 bits per heavy atom. The molecular formula is C16H21FN4. The molecule has 0 unspecified atom stereocenters. The van der Waals surface area contributed by atoms with Gasteiger partial charge in [0.05, 0.1) is 6.54 Å². The molecule has 1 aromatic heterocycles. The maximum absolute atomic E-state index is 13.3. The zero-order valence-electron chi connectivity index (χ0n) is 12.4. The predicted molar refractivity (Wildman–Crippen MR) is 81.2 cm³/mol. The molecule has 1 aliphatic heterocycles. The lowest BCUT2D eigenvalue weighted by molar-refractivity contribution is 0.364. The Labute approximate surface area is 124 Å². The molecule has 0 spiro atoms. The van der Waals surface area contributed by atoms with E-state index < -0.39 is 6.17 Å². The fraction of sp³-hybridized carbons (Fsp3) is 0.500. The fourth-order valence-electron chi connectivity index (χ4n) is 2.80. The van der Waals surface area contributed by atoms with Crippen molar-refractivity contribution in [2.45, 2.75) is 31.9 Å². The van der Waals surface area contributed by atoms with Gasteiger partial charge in [0.1, 0.15) is 6.17 Å². The van der Waals surface area contributed by atoms with Crippen LogP contribution in [0.2, 0.25) is 0 Å². The quantitative estimate of drug-likeness (QED) is 0.848. The van der Waals surface area contributed by atoms with Crippen molar-refractivity contribution in [3.05, 3.63) is 41.7 Å². The number of aromatic nitrogens is 3. The van der Waals surface area contributed by atoms with E-state index in [0.29, 0.717) is 13.0 Å². The second-order valence-electron chi connectivity index (χ2n) is 5.62. The number of hydrogen-bond acceptors (Lipinski definition) is 3. The van der Waals surface area contributed by atoms with Gasteiger partial charge in [0.2, 0.25) is 5.95 Å². The highest BCUT2D eigenvalue weighted by atomic mass is 19.1. The van der Waals surface area contributed by atoms with Crippen molar-refractivity contribution in [3.63, 3.8) is 0 Å². The van der Waals surface area contributed by atoms with Gasteiger partial charge in [-0.3, -0.25) is 0 Å². The van der Waals surface area contributed by atoms with Gasteiger partial charge >= 0.3 is 0 Å². The number of hydrogen-bond donors (Lipinski definition) is 0. The van der Waals surface area contributed by atoms with Crippen LogP contribution in [0.3, 0.4) is 0 Å². The molecule has 21 heavy (non-hydrogen) atoms. The lowest BCUT2D eigenvalue weighted by Crippen LogP contribution is -2.23. The first kappa shape index (κ1) is 14.0. The molecule has 0 radical (unpaired) electrons. The number of rotatable bonds is 5. The third kappa shape index (κ3) is 3.40. The summed E-state index contributed by atoms with van der Waals surface area (Å²) in [4.78, 5) is 6.55. The van der Waals surface area contributed by atoms with Crippen LogP contribution < -0.4 is 4.90 Å². The maximum atomic E-state index is 13.3. The molecule has 2 heterocycles. The zero-order chi connectivity index (χ0) is 14.7. The number of halogens is 1. The molecule has 1 aliphatic rings. The highest BCUT2D eigenvalue weighted by Crippen LogP contribution is 2.20. The molecule has 0 saturated carbocycles. The van der Waals surface area contributed by atoms with Crippen LogP contribution >= 0.6 is 0 Å². The molecule has 0 aliphatic carbocycles. The number of benzene rings is 1. The fourth-order valence-corrected chi connectivity index (χ4v) is 2.80. The Morgan fingerprint density at radius 2 is 2.05 bits per heavy atom. The first-order chi connectivity index (χ1) is 10.2. The Bertz CT molecular complexity index is 581. The summed E-state index contributed by atoms with van der Waals surface area (Å²) in [7, 11) is 1.88. The van der Waals surface area contributed by atoms with Crippen molar-refractivity contribution in [2.75, 3.05) is 18.0 Å². The molecule has 1 atom stereocenters. The minimum Gasteiger partial charge on any atom is -0.338 e. The van der Waals surface area contributed by atoms with Crippen LogP contribution in [0.4, 0.5) is 10.3 Å². The van der Waals surface area contributed by atoms with Crippen LogP contribution in [0.5, 0.6) is 0 Å². The summed E-state index contributed by atoms with van der Waals surface area (Å²) in [6, 6.07) is 10.4. The van der Waals surface area contributed by atoms with Crippen molar-refractivity contribution in [2.24, 2.45) is 7.05 Å². The molecular weight excluding hydrogens is 267 g/mol. The Hall–Kier alpha value is -1.91. The van der Waals surface area contributed by atoms with Crippen molar-refractivity contribution < 1.29 is 4.39 Å². The summed E-state index contributed by atoms with van der Waals surface area (Å²) < 4.78 is 15.1. The summed E-state index contributed by atoms with van der Waals surface area (Å²) in [5, 5.41) is 4.45. The molecule has 3 rings (SSSR count). The molecule has 1 saturated heterocycles. The summed E-state index contributed by atoms with van der Waals surface area (Å²) in [5.74, 6) is 1.65. The predicted octanol–water partition coefficient (Wildman–Crippen LogP) is 2.54. The standard InChI is InChI=1S/C16H21FN4/c1-20-16(21-11-10-14(17)12-21)18-15(19-20)9-5-8-13-6-3-2-4-7-13/h2-4,6-7,14H,5,8-12H2,1H3/t14-/m0/s1. The maximum Gasteiger partial charge on any atom is 0.223 e. The molecule has 5 heteroatoms. The molecule has 0 bridgehead atoms. The van der Waals surface area contributed by atoms with Gasteiger partial charge < -0.3 is 4.90 Å². The molecule has 112 valence electrons. The minimum absolute atomic E-state index is 0.440. The Kier molecular flexibility index (Phi) is 4.18. The smallest absolute Gasteiger partial charge is 0.223 e. The number of alkyl halides is 1. The van der Waals surface area contributed by atoms with Crippen LogP contribution in [-0.4, -0.2) is 34.0 Å². The van der Waals surface area contributed by atoms with Crippen LogP contribution in [0.25, 0.3) is 0 Å². The second kappa shape index (κ2) is 6.24. The van der Waals surface area contributed by atoms with Gasteiger partial charge in [0.15, 0.2) is 5.82 Å². The van der Waals surface area contributed by atoms with E-state index >= 15 is 0 Å². The number of nitrogens with zero attached hydrogens (tertiary/aromatic N) is 4. The number of aryl methyl sites for hydroxylation is 3. The lowest BCUT2D eigenvalue weighted by Gasteiger charge is -2.14. The van der Waals surface area contributed by atoms with Gasteiger partial charge in [-0.15, -0.1) is 0 Å². The summed E-state index contributed by atoms with van der Waals surface area (Å²) in [6.07, 6.45) is 2.78. The minimum atomic E-state index is -0.733. The van der Waals surface area contributed by atoms with Gasteiger partial charge in [0, 0.05) is 20.0 Å². The van der Waals surface area contributed by atoms with E-state index in [2.05, 4.69) is 34.3 Å².